The standard InChI is InChI=1S/C20H21ClN4O4S/c21-15-1-3-16(4-2-15)23-19(26)24-11-17-9-18-20(12-24,29-17)13-25(30(18,27)28)10-14-5-7-22-8-6-14/h1-8,17-18H,9-13H2,(H,23,26)/t17-,18+,20+/m1/s1. The summed E-state index contributed by atoms with van der Waals surface area (Å²) in [6.45, 7) is 1.12. The van der Waals surface area contributed by atoms with E-state index in [2.05, 4.69) is 10.3 Å². The minimum atomic E-state index is -3.52. The third kappa shape index (κ3) is 3.35. The van der Waals surface area contributed by atoms with E-state index >= 15 is 0 Å². The van der Waals surface area contributed by atoms with E-state index in [9.17, 15) is 13.2 Å². The summed E-state index contributed by atoms with van der Waals surface area (Å²) in [6.07, 6.45) is 3.41. The molecule has 3 aliphatic heterocycles. The number of pyridine rings is 1. The number of nitrogens with one attached hydrogen (secondary N) is 1. The summed E-state index contributed by atoms with van der Waals surface area (Å²) in [5.74, 6) is 0. The molecule has 4 heterocycles. The van der Waals surface area contributed by atoms with Crippen molar-refractivity contribution in [2.75, 3.05) is 25.0 Å². The number of anilines is 1. The molecule has 0 radical (unpaired) electrons. The Balaban J connectivity index is 1.35. The van der Waals surface area contributed by atoms with Crippen molar-refractivity contribution < 1.29 is 17.9 Å². The Bertz CT molecular complexity index is 1070. The molecule has 0 saturated carbocycles. The summed E-state index contributed by atoms with van der Waals surface area (Å²) in [7, 11) is -3.52. The van der Waals surface area contributed by atoms with Gasteiger partial charge >= 0.3 is 6.03 Å². The van der Waals surface area contributed by atoms with Crippen molar-refractivity contribution in [1.82, 2.24) is 14.2 Å². The molecule has 1 aromatic carbocycles. The van der Waals surface area contributed by atoms with Crippen LogP contribution in [0.4, 0.5) is 10.5 Å². The normalized spacial score (nSPS) is 29.6. The lowest BCUT2D eigenvalue weighted by molar-refractivity contribution is -0.0946. The monoisotopic (exact) mass is 448 g/mol. The highest BCUT2D eigenvalue weighted by Crippen LogP contribution is 2.47. The van der Waals surface area contributed by atoms with Crippen LogP contribution in [0.3, 0.4) is 0 Å². The van der Waals surface area contributed by atoms with Crippen molar-refractivity contribution in [3.63, 3.8) is 0 Å². The zero-order chi connectivity index (χ0) is 20.9. The molecule has 2 aromatic rings. The van der Waals surface area contributed by atoms with Gasteiger partial charge in [0.15, 0.2) is 0 Å². The molecule has 1 N–H and O–H groups in total. The first kappa shape index (κ1) is 19.7. The number of benzene rings is 1. The second kappa shape index (κ2) is 7.19. The van der Waals surface area contributed by atoms with Gasteiger partial charge in [0.05, 0.1) is 12.6 Å². The van der Waals surface area contributed by atoms with Crippen LogP contribution < -0.4 is 5.32 Å². The number of amides is 2. The molecule has 0 unspecified atom stereocenters. The zero-order valence-electron chi connectivity index (χ0n) is 16.1. The van der Waals surface area contributed by atoms with Gasteiger partial charge in [-0.25, -0.2) is 13.2 Å². The van der Waals surface area contributed by atoms with Gasteiger partial charge in [-0.05, 0) is 48.4 Å². The van der Waals surface area contributed by atoms with Crippen molar-refractivity contribution in [3.8, 4) is 0 Å². The Morgan fingerprint density at radius 3 is 2.67 bits per heavy atom. The predicted octanol–water partition coefficient (Wildman–Crippen LogP) is 2.32. The smallest absolute Gasteiger partial charge is 0.322 e. The summed E-state index contributed by atoms with van der Waals surface area (Å²) in [4.78, 5) is 18.5. The molecule has 30 heavy (non-hydrogen) atoms. The second-order valence-corrected chi connectivity index (χ2v) is 10.6. The molecule has 8 nitrogen and oxygen atoms in total. The number of likely N-dealkylation sites (tertiary alicyclic amines) is 1. The molecular formula is C20H21ClN4O4S. The van der Waals surface area contributed by atoms with Crippen molar-refractivity contribution >= 4 is 33.3 Å². The predicted molar refractivity (Wildman–Crippen MR) is 112 cm³/mol. The Morgan fingerprint density at radius 1 is 1.20 bits per heavy atom. The number of carbonyl (C=O) groups is 1. The fourth-order valence-electron chi connectivity index (χ4n) is 4.67. The van der Waals surface area contributed by atoms with Gasteiger partial charge in [-0.15, -0.1) is 0 Å². The number of rotatable bonds is 3. The summed E-state index contributed by atoms with van der Waals surface area (Å²) < 4.78 is 34.1. The Hall–Kier alpha value is -2.20. The summed E-state index contributed by atoms with van der Waals surface area (Å²) in [6, 6.07) is 10.2. The van der Waals surface area contributed by atoms with Gasteiger partial charge in [0, 0.05) is 42.7 Å². The first-order valence-corrected chi connectivity index (χ1v) is 11.6. The summed E-state index contributed by atoms with van der Waals surface area (Å²) in [5.41, 5.74) is 0.608. The maximum atomic E-state index is 13.2. The molecule has 2 bridgehead atoms. The van der Waals surface area contributed by atoms with E-state index in [1.54, 1.807) is 53.7 Å². The number of halogens is 1. The van der Waals surface area contributed by atoms with E-state index in [1.165, 1.54) is 4.31 Å². The highest BCUT2D eigenvalue weighted by Gasteiger charge is 2.65. The van der Waals surface area contributed by atoms with Crippen LogP contribution in [0.5, 0.6) is 0 Å². The Kier molecular flexibility index (Phi) is 4.73. The van der Waals surface area contributed by atoms with Crippen molar-refractivity contribution in [1.29, 1.82) is 0 Å². The third-order valence-corrected chi connectivity index (χ3v) is 8.57. The fraction of sp³-hybridized carbons (Fsp3) is 0.400. The molecule has 3 aliphatic rings. The van der Waals surface area contributed by atoms with Crippen LogP contribution in [0, 0.1) is 0 Å². The molecule has 3 atom stereocenters. The number of carbonyl (C=O) groups excluding carboxylic acids is 1. The molecule has 1 aromatic heterocycles. The molecular weight excluding hydrogens is 428 g/mol. The SMILES string of the molecule is O=C(Nc1ccc(Cl)cc1)N1C[C@H]2C[C@H]3[C@](C1)(CN(Cc1ccncc1)S3(=O)=O)O2. The van der Waals surface area contributed by atoms with Crippen LogP contribution in [-0.4, -0.2) is 65.2 Å². The molecule has 2 amide bonds. The molecule has 3 saturated heterocycles. The minimum absolute atomic E-state index is 0.236. The van der Waals surface area contributed by atoms with E-state index in [0.29, 0.717) is 23.7 Å². The van der Waals surface area contributed by atoms with Crippen molar-refractivity contribution in [2.24, 2.45) is 0 Å². The first-order valence-electron chi connectivity index (χ1n) is 9.73. The van der Waals surface area contributed by atoms with Crippen LogP contribution in [0.15, 0.2) is 48.8 Å². The summed E-state index contributed by atoms with van der Waals surface area (Å²) in [5, 5.41) is 2.81. The topological polar surface area (TPSA) is 91.8 Å². The molecule has 10 heteroatoms. The quantitative estimate of drug-likeness (QED) is 0.778. The van der Waals surface area contributed by atoms with Gasteiger partial charge in [0.2, 0.25) is 10.0 Å². The number of ether oxygens (including phenoxy) is 1. The molecule has 3 fully saturated rings. The van der Waals surface area contributed by atoms with Crippen LogP contribution >= 0.6 is 11.6 Å². The number of fused-ring (bicyclic) bond motifs is 1. The average molecular weight is 449 g/mol. The van der Waals surface area contributed by atoms with E-state index in [1.807, 2.05) is 0 Å². The van der Waals surface area contributed by atoms with Gasteiger partial charge in [0.1, 0.15) is 10.9 Å². The number of urea groups is 1. The van der Waals surface area contributed by atoms with Gasteiger partial charge < -0.3 is 15.0 Å². The maximum absolute atomic E-state index is 13.2. The Labute approximate surface area is 179 Å². The second-order valence-electron chi connectivity index (χ2n) is 8.02. The van der Waals surface area contributed by atoms with E-state index in [4.69, 9.17) is 16.3 Å². The van der Waals surface area contributed by atoms with Gasteiger partial charge in [-0.3, -0.25) is 4.98 Å². The van der Waals surface area contributed by atoms with Crippen LogP contribution in [0.1, 0.15) is 12.0 Å². The Morgan fingerprint density at radius 2 is 1.93 bits per heavy atom. The highest BCUT2D eigenvalue weighted by molar-refractivity contribution is 7.90. The van der Waals surface area contributed by atoms with Gasteiger partial charge in [-0.1, -0.05) is 11.6 Å². The van der Waals surface area contributed by atoms with E-state index < -0.39 is 20.9 Å². The number of aromatic nitrogens is 1. The van der Waals surface area contributed by atoms with Crippen LogP contribution in [-0.2, 0) is 21.3 Å². The summed E-state index contributed by atoms with van der Waals surface area (Å²) >= 11 is 5.90. The van der Waals surface area contributed by atoms with Gasteiger partial charge in [0.25, 0.3) is 0 Å². The largest absolute Gasteiger partial charge is 0.365 e. The lowest BCUT2D eigenvalue weighted by Crippen LogP contribution is -2.57. The van der Waals surface area contributed by atoms with Crippen molar-refractivity contribution in [2.45, 2.75) is 29.9 Å². The molecule has 158 valence electrons. The molecule has 5 rings (SSSR count). The third-order valence-electron chi connectivity index (χ3n) is 6.00. The van der Waals surface area contributed by atoms with Crippen LogP contribution in [0.2, 0.25) is 5.02 Å². The van der Waals surface area contributed by atoms with Crippen LogP contribution in [0.25, 0.3) is 0 Å². The van der Waals surface area contributed by atoms with Crippen molar-refractivity contribution in [3.05, 3.63) is 59.4 Å². The highest BCUT2D eigenvalue weighted by atomic mass is 35.5. The minimum Gasteiger partial charge on any atom is -0.365 e. The lowest BCUT2D eigenvalue weighted by atomic mass is 9.99. The zero-order valence-corrected chi connectivity index (χ0v) is 17.6. The molecule has 1 spiro atoms. The maximum Gasteiger partial charge on any atom is 0.322 e. The molecule has 0 aliphatic carbocycles. The number of hydrogen-bond donors (Lipinski definition) is 1. The van der Waals surface area contributed by atoms with E-state index in [-0.39, 0.29) is 31.8 Å². The lowest BCUT2D eigenvalue weighted by Gasteiger charge is -2.39. The number of hydrogen-bond acceptors (Lipinski definition) is 5. The number of sulfonamides is 1. The average Bonchev–Trinajstić information content (AvgIpc) is 3.09. The van der Waals surface area contributed by atoms with Gasteiger partial charge in [-0.2, -0.15) is 4.31 Å². The first-order chi connectivity index (χ1) is 14.4. The number of morpholine rings is 1. The fourth-order valence-corrected chi connectivity index (χ4v) is 7.09. The number of nitrogens with zero attached hydrogens (tertiary/aromatic N) is 3. The van der Waals surface area contributed by atoms with E-state index in [0.717, 1.165) is 5.56 Å².